The number of anilines is 1. The molecule has 0 aliphatic carbocycles. The summed E-state index contributed by atoms with van der Waals surface area (Å²) in [5, 5.41) is 2.71. The number of aryl methyl sites for hydroxylation is 4. The minimum Gasteiger partial charge on any atom is -0.483 e. The summed E-state index contributed by atoms with van der Waals surface area (Å²) in [6, 6.07) is 8.65. The first-order chi connectivity index (χ1) is 11.6. The number of benzene rings is 2. The second kappa shape index (κ2) is 7.27. The Labute approximate surface area is 148 Å². The van der Waals surface area contributed by atoms with Crippen LogP contribution in [-0.4, -0.2) is 27.2 Å². The lowest BCUT2D eigenvalue weighted by Gasteiger charge is -2.14. The van der Waals surface area contributed by atoms with E-state index >= 15 is 0 Å². The third-order valence-corrected chi connectivity index (χ3v) is 4.97. The van der Waals surface area contributed by atoms with Crippen LogP contribution in [-0.2, 0) is 14.6 Å². The van der Waals surface area contributed by atoms with Crippen molar-refractivity contribution in [3.05, 3.63) is 52.6 Å². The predicted octanol–water partition coefficient (Wildman–Crippen LogP) is 3.34. The summed E-state index contributed by atoms with van der Waals surface area (Å²) in [6.07, 6.45) is 1.13. The molecule has 1 N–H and O–H groups in total. The second-order valence-electron chi connectivity index (χ2n) is 6.31. The number of amides is 1. The molecule has 0 spiro atoms. The predicted molar refractivity (Wildman–Crippen MR) is 99.1 cm³/mol. The van der Waals surface area contributed by atoms with Crippen LogP contribution in [0.2, 0.25) is 0 Å². The molecule has 0 aromatic heterocycles. The fourth-order valence-corrected chi connectivity index (χ4v) is 3.33. The van der Waals surface area contributed by atoms with Crippen LogP contribution in [0.3, 0.4) is 0 Å². The van der Waals surface area contributed by atoms with Crippen LogP contribution in [0.15, 0.2) is 35.2 Å². The Morgan fingerprint density at radius 1 is 1.00 bits per heavy atom. The fraction of sp³-hybridized carbons (Fsp3) is 0.316. The van der Waals surface area contributed by atoms with Crippen LogP contribution in [0.5, 0.6) is 5.75 Å². The normalized spacial score (nSPS) is 11.2. The molecule has 6 heteroatoms. The Morgan fingerprint density at radius 3 is 2.16 bits per heavy atom. The van der Waals surface area contributed by atoms with Crippen molar-refractivity contribution in [2.75, 3.05) is 18.2 Å². The van der Waals surface area contributed by atoms with Gasteiger partial charge in [0.2, 0.25) is 0 Å². The lowest BCUT2D eigenvalue weighted by molar-refractivity contribution is -0.118. The molecule has 0 saturated carbocycles. The monoisotopic (exact) mass is 361 g/mol. The number of ether oxygens (including phenoxy) is 1. The molecular formula is C19H23NO4S. The molecule has 1 amide bonds. The molecule has 0 aliphatic rings. The van der Waals surface area contributed by atoms with E-state index in [0.29, 0.717) is 11.4 Å². The topological polar surface area (TPSA) is 72.5 Å². The SMILES string of the molecule is Cc1cc(C)c(OCC(=O)Nc2cc(S(C)(=O)=O)ccc2C)c(C)c1. The number of rotatable bonds is 5. The van der Waals surface area contributed by atoms with Crippen molar-refractivity contribution in [1.82, 2.24) is 0 Å². The van der Waals surface area contributed by atoms with Crippen molar-refractivity contribution < 1.29 is 17.9 Å². The molecule has 0 fully saturated rings. The first-order valence-electron chi connectivity index (χ1n) is 7.89. The van der Waals surface area contributed by atoms with Gasteiger partial charge in [-0.25, -0.2) is 8.42 Å². The van der Waals surface area contributed by atoms with Crippen molar-refractivity contribution >= 4 is 21.4 Å². The Morgan fingerprint density at radius 2 is 1.60 bits per heavy atom. The van der Waals surface area contributed by atoms with Gasteiger partial charge in [0.1, 0.15) is 5.75 Å². The first kappa shape index (κ1) is 19.0. The van der Waals surface area contributed by atoms with E-state index in [-0.39, 0.29) is 17.4 Å². The van der Waals surface area contributed by atoms with E-state index < -0.39 is 9.84 Å². The van der Waals surface area contributed by atoms with Crippen LogP contribution in [0.4, 0.5) is 5.69 Å². The summed E-state index contributed by atoms with van der Waals surface area (Å²) in [7, 11) is -3.33. The standard InChI is InChI=1S/C19H23NO4S/c1-12-8-14(3)19(15(4)9-12)24-11-18(21)20-17-10-16(25(5,22)23)7-6-13(17)2/h6-10H,11H2,1-5H3,(H,20,21). The van der Waals surface area contributed by atoms with Crippen LogP contribution >= 0.6 is 0 Å². The summed E-state index contributed by atoms with van der Waals surface area (Å²) >= 11 is 0. The highest BCUT2D eigenvalue weighted by molar-refractivity contribution is 7.90. The molecule has 2 aromatic rings. The van der Waals surface area contributed by atoms with E-state index in [1.807, 2.05) is 32.9 Å². The van der Waals surface area contributed by atoms with Gasteiger partial charge in [0.25, 0.3) is 5.91 Å². The summed E-state index contributed by atoms with van der Waals surface area (Å²) in [5.41, 5.74) is 4.33. The van der Waals surface area contributed by atoms with Gasteiger partial charge in [-0.1, -0.05) is 23.8 Å². The zero-order valence-corrected chi connectivity index (χ0v) is 16.0. The molecule has 5 nitrogen and oxygen atoms in total. The molecule has 0 atom stereocenters. The maximum absolute atomic E-state index is 12.2. The number of carbonyl (C=O) groups is 1. The van der Waals surface area contributed by atoms with Gasteiger partial charge in [-0.05, 0) is 56.5 Å². The van der Waals surface area contributed by atoms with E-state index in [2.05, 4.69) is 5.32 Å². The van der Waals surface area contributed by atoms with Crippen molar-refractivity contribution in [1.29, 1.82) is 0 Å². The molecule has 0 heterocycles. The Hall–Kier alpha value is -2.34. The van der Waals surface area contributed by atoms with Gasteiger partial charge in [-0.3, -0.25) is 4.79 Å². The summed E-state index contributed by atoms with van der Waals surface area (Å²) in [6.45, 7) is 7.54. The van der Waals surface area contributed by atoms with Gasteiger partial charge in [-0.2, -0.15) is 0 Å². The minimum absolute atomic E-state index is 0.146. The van der Waals surface area contributed by atoms with Crippen molar-refractivity contribution in [3.63, 3.8) is 0 Å². The number of sulfone groups is 1. The number of carbonyl (C=O) groups excluding carboxylic acids is 1. The maximum Gasteiger partial charge on any atom is 0.262 e. The molecule has 134 valence electrons. The highest BCUT2D eigenvalue weighted by Gasteiger charge is 2.13. The third kappa shape index (κ3) is 4.82. The molecule has 0 bridgehead atoms. The third-order valence-electron chi connectivity index (χ3n) is 3.86. The van der Waals surface area contributed by atoms with Crippen molar-refractivity contribution in [2.24, 2.45) is 0 Å². The highest BCUT2D eigenvalue weighted by atomic mass is 32.2. The summed E-state index contributed by atoms with van der Waals surface area (Å²) in [4.78, 5) is 12.4. The molecule has 0 aliphatic heterocycles. The fourth-order valence-electron chi connectivity index (χ4n) is 2.68. The van der Waals surface area contributed by atoms with Gasteiger partial charge >= 0.3 is 0 Å². The Bertz CT molecular complexity index is 894. The zero-order valence-electron chi connectivity index (χ0n) is 15.1. The lowest BCUT2D eigenvalue weighted by Crippen LogP contribution is -2.21. The molecule has 0 radical (unpaired) electrons. The summed E-state index contributed by atoms with van der Waals surface area (Å²) in [5.74, 6) is 0.357. The van der Waals surface area contributed by atoms with Crippen molar-refractivity contribution in [3.8, 4) is 5.75 Å². The van der Waals surface area contributed by atoms with Crippen LogP contribution < -0.4 is 10.1 Å². The van der Waals surface area contributed by atoms with Gasteiger partial charge in [0.05, 0.1) is 4.90 Å². The van der Waals surface area contributed by atoms with Gasteiger partial charge in [0, 0.05) is 11.9 Å². The van der Waals surface area contributed by atoms with Gasteiger partial charge < -0.3 is 10.1 Å². The summed E-state index contributed by atoms with van der Waals surface area (Å²) < 4.78 is 29.0. The number of nitrogens with one attached hydrogen (secondary N) is 1. The number of hydrogen-bond acceptors (Lipinski definition) is 4. The largest absolute Gasteiger partial charge is 0.483 e. The molecule has 25 heavy (non-hydrogen) atoms. The van der Waals surface area contributed by atoms with E-state index in [4.69, 9.17) is 4.74 Å². The van der Waals surface area contributed by atoms with Crippen molar-refractivity contribution in [2.45, 2.75) is 32.6 Å². The number of hydrogen-bond donors (Lipinski definition) is 1. The van der Waals surface area contributed by atoms with E-state index in [1.54, 1.807) is 13.0 Å². The van der Waals surface area contributed by atoms with Crippen LogP contribution in [0.1, 0.15) is 22.3 Å². The smallest absolute Gasteiger partial charge is 0.262 e. The van der Waals surface area contributed by atoms with E-state index in [0.717, 1.165) is 28.5 Å². The van der Waals surface area contributed by atoms with Crippen LogP contribution in [0, 0.1) is 27.7 Å². The lowest BCUT2D eigenvalue weighted by atomic mass is 10.1. The molecule has 0 unspecified atom stereocenters. The van der Waals surface area contributed by atoms with Gasteiger partial charge in [0.15, 0.2) is 16.4 Å². The second-order valence-corrected chi connectivity index (χ2v) is 8.33. The Kier molecular flexibility index (Phi) is 5.52. The van der Waals surface area contributed by atoms with Gasteiger partial charge in [-0.15, -0.1) is 0 Å². The average molecular weight is 361 g/mol. The first-order valence-corrected chi connectivity index (χ1v) is 9.78. The van der Waals surface area contributed by atoms with E-state index in [9.17, 15) is 13.2 Å². The molecule has 0 saturated heterocycles. The quantitative estimate of drug-likeness (QED) is 0.886. The molecular weight excluding hydrogens is 338 g/mol. The molecule has 2 rings (SSSR count). The van der Waals surface area contributed by atoms with Crippen LogP contribution in [0.25, 0.3) is 0 Å². The molecule has 2 aromatic carbocycles. The zero-order chi connectivity index (χ0) is 18.8. The minimum atomic E-state index is -3.33. The maximum atomic E-state index is 12.2. The van der Waals surface area contributed by atoms with E-state index in [1.165, 1.54) is 12.1 Å². The Balaban J connectivity index is 2.11. The average Bonchev–Trinajstić information content (AvgIpc) is 2.47. The highest BCUT2D eigenvalue weighted by Crippen LogP contribution is 2.25.